The fourth-order valence-corrected chi connectivity index (χ4v) is 1.84. The van der Waals surface area contributed by atoms with Crippen LogP contribution in [0.3, 0.4) is 0 Å². The zero-order chi connectivity index (χ0) is 11.7. The first-order valence-electron chi connectivity index (χ1n) is 4.56. The molecule has 1 aromatic carbocycles. The molecule has 2 aromatic rings. The van der Waals surface area contributed by atoms with Crippen molar-refractivity contribution in [2.24, 2.45) is 7.05 Å². The fourth-order valence-electron chi connectivity index (χ4n) is 1.46. The van der Waals surface area contributed by atoms with E-state index in [9.17, 15) is 9.18 Å². The maximum atomic E-state index is 13.1. The van der Waals surface area contributed by atoms with Gasteiger partial charge in [-0.3, -0.25) is 9.48 Å². The lowest BCUT2D eigenvalue weighted by Gasteiger charge is -2.00. The number of rotatable bonds is 2. The molecular formula is C11H8BrFN2O. The lowest BCUT2D eigenvalue weighted by atomic mass is 10.1. The molecule has 1 aromatic heterocycles. The summed E-state index contributed by atoms with van der Waals surface area (Å²) in [7, 11) is 1.73. The number of halogens is 2. The second-order valence-electron chi connectivity index (χ2n) is 3.35. The van der Waals surface area contributed by atoms with Crippen LogP contribution in [0.2, 0.25) is 0 Å². The van der Waals surface area contributed by atoms with Crippen molar-refractivity contribution in [3.8, 4) is 11.3 Å². The third kappa shape index (κ3) is 1.90. The molecule has 0 saturated carbocycles. The number of carbonyl (C=O) groups excluding carboxylic acids is 1. The van der Waals surface area contributed by atoms with E-state index in [1.165, 1.54) is 6.07 Å². The minimum Gasteiger partial charge on any atom is -0.298 e. The summed E-state index contributed by atoms with van der Waals surface area (Å²) < 4.78 is 15.0. The van der Waals surface area contributed by atoms with Crippen molar-refractivity contribution in [3.63, 3.8) is 0 Å². The average Bonchev–Trinajstić information content (AvgIpc) is 2.63. The number of aryl methyl sites for hydroxylation is 1. The Kier molecular flexibility index (Phi) is 2.87. The maximum Gasteiger partial charge on any atom is 0.153 e. The van der Waals surface area contributed by atoms with Crippen LogP contribution in [-0.2, 0) is 7.05 Å². The predicted octanol–water partition coefficient (Wildman–Crippen LogP) is 2.80. The monoisotopic (exact) mass is 282 g/mol. The van der Waals surface area contributed by atoms with Crippen molar-refractivity contribution in [1.82, 2.24) is 9.78 Å². The molecule has 3 nitrogen and oxygen atoms in total. The van der Waals surface area contributed by atoms with Gasteiger partial charge < -0.3 is 0 Å². The Morgan fingerprint density at radius 1 is 1.50 bits per heavy atom. The van der Waals surface area contributed by atoms with Crippen LogP contribution >= 0.6 is 15.9 Å². The summed E-state index contributed by atoms with van der Waals surface area (Å²) >= 11 is 3.10. The second-order valence-corrected chi connectivity index (χ2v) is 4.21. The first-order valence-corrected chi connectivity index (χ1v) is 5.35. The zero-order valence-corrected chi connectivity index (χ0v) is 10.0. The van der Waals surface area contributed by atoms with Gasteiger partial charge in [-0.15, -0.1) is 0 Å². The Bertz CT molecular complexity index is 551. The third-order valence-electron chi connectivity index (χ3n) is 2.18. The summed E-state index contributed by atoms with van der Waals surface area (Å²) in [5, 5.41) is 4.16. The molecule has 0 bridgehead atoms. The molecule has 0 aliphatic rings. The van der Waals surface area contributed by atoms with E-state index < -0.39 is 0 Å². The molecule has 0 radical (unpaired) electrons. The van der Waals surface area contributed by atoms with Crippen LogP contribution in [0.15, 0.2) is 28.9 Å². The van der Waals surface area contributed by atoms with Crippen molar-refractivity contribution < 1.29 is 9.18 Å². The van der Waals surface area contributed by atoms with E-state index in [0.29, 0.717) is 21.3 Å². The van der Waals surface area contributed by atoms with Gasteiger partial charge in [-0.05, 0) is 34.1 Å². The van der Waals surface area contributed by atoms with Gasteiger partial charge in [0.2, 0.25) is 0 Å². The zero-order valence-electron chi connectivity index (χ0n) is 8.45. The van der Waals surface area contributed by atoms with Crippen molar-refractivity contribution in [2.45, 2.75) is 0 Å². The van der Waals surface area contributed by atoms with E-state index in [1.807, 2.05) is 0 Å². The summed E-state index contributed by atoms with van der Waals surface area (Å²) in [4.78, 5) is 10.8. The Morgan fingerprint density at radius 2 is 2.25 bits per heavy atom. The predicted molar refractivity (Wildman–Crippen MR) is 61.7 cm³/mol. The first kappa shape index (κ1) is 11.0. The quantitative estimate of drug-likeness (QED) is 0.794. The van der Waals surface area contributed by atoms with E-state index in [4.69, 9.17) is 0 Å². The molecule has 82 valence electrons. The second kappa shape index (κ2) is 4.17. The molecule has 0 unspecified atom stereocenters. The lowest BCUT2D eigenvalue weighted by molar-refractivity contribution is 0.112. The molecule has 0 N–H and O–H groups in total. The number of aldehydes is 1. The largest absolute Gasteiger partial charge is 0.298 e. The summed E-state index contributed by atoms with van der Waals surface area (Å²) in [6, 6.07) is 4.53. The van der Waals surface area contributed by atoms with Crippen molar-refractivity contribution in [1.29, 1.82) is 0 Å². The van der Waals surface area contributed by atoms with E-state index in [0.717, 1.165) is 6.29 Å². The molecule has 0 saturated heterocycles. The number of aromatic nitrogens is 2. The van der Waals surface area contributed by atoms with Gasteiger partial charge in [-0.2, -0.15) is 5.10 Å². The Morgan fingerprint density at radius 3 is 2.88 bits per heavy atom. The lowest BCUT2D eigenvalue weighted by Crippen LogP contribution is -1.89. The first-order chi connectivity index (χ1) is 7.61. The smallest absolute Gasteiger partial charge is 0.153 e. The minimum atomic E-state index is -0.340. The molecule has 0 spiro atoms. The molecule has 1 heterocycles. The van der Waals surface area contributed by atoms with Gasteiger partial charge in [0.05, 0.1) is 10.0 Å². The molecule has 0 aliphatic carbocycles. The van der Waals surface area contributed by atoms with E-state index in [2.05, 4.69) is 21.0 Å². The highest BCUT2D eigenvalue weighted by molar-refractivity contribution is 9.10. The van der Waals surface area contributed by atoms with Crippen molar-refractivity contribution in [2.75, 3.05) is 0 Å². The highest BCUT2D eigenvalue weighted by Crippen LogP contribution is 2.25. The summed E-state index contributed by atoms with van der Waals surface area (Å²) in [5.41, 5.74) is 1.75. The molecule has 2 rings (SSSR count). The number of nitrogens with zero attached hydrogens (tertiary/aromatic N) is 2. The van der Waals surface area contributed by atoms with Gasteiger partial charge in [0.15, 0.2) is 6.29 Å². The van der Waals surface area contributed by atoms with Crippen LogP contribution in [-0.4, -0.2) is 16.1 Å². The van der Waals surface area contributed by atoms with Gasteiger partial charge in [0.1, 0.15) is 11.5 Å². The van der Waals surface area contributed by atoms with Crippen LogP contribution in [0.1, 0.15) is 10.4 Å². The summed E-state index contributed by atoms with van der Waals surface area (Å²) in [6.45, 7) is 0. The molecule has 0 aliphatic heterocycles. The highest BCUT2D eigenvalue weighted by atomic mass is 79.9. The van der Waals surface area contributed by atoms with Crippen LogP contribution < -0.4 is 0 Å². The van der Waals surface area contributed by atoms with E-state index >= 15 is 0 Å². The van der Waals surface area contributed by atoms with Crippen LogP contribution in [0, 0.1) is 5.82 Å². The molecule has 0 atom stereocenters. The van der Waals surface area contributed by atoms with E-state index in [-0.39, 0.29) is 5.82 Å². The number of carbonyl (C=O) groups is 1. The molecule has 0 fully saturated rings. The SMILES string of the molecule is Cn1cc(C=O)c(-c2ccc(F)c(Br)c2)n1. The molecule has 5 heteroatoms. The Balaban J connectivity index is 2.57. The van der Waals surface area contributed by atoms with Crippen LogP contribution in [0.5, 0.6) is 0 Å². The number of benzene rings is 1. The van der Waals surface area contributed by atoms with Crippen LogP contribution in [0.25, 0.3) is 11.3 Å². The fraction of sp³-hybridized carbons (Fsp3) is 0.0909. The van der Waals surface area contributed by atoms with Crippen molar-refractivity contribution in [3.05, 3.63) is 40.2 Å². The standard InChI is InChI=1S/C11H8BrFN2O/c1-15-5-8(6-16)11(14-15)7-2-3-10(13)9(12)4-7/h2-6H,1H3. The van der Waals surface area contributed by atoms with Gasteiger partial charge in [-0.25, -0.2) is 4.39 Å². The topological polar surface area (TPSA) is 34.9 Å². The van der Waals surface area contributed by atoms with Gasteiger partial charge >= 0.3 is 0 Å². The van der Waals surface area contributed by atoms with E-state index in [1.54, 1.807) is 30.1 Å². The number of hydrogen-bond donors (Lipinski definition) is 0. The molecule has 16 heavy (non-hydrogen) atoms. The minimum absolute atomic E-state index is 0.340. The van der Waals surface area contributed by atoms with Crippen LogP contribution in [0.4, 0.5) is 4.39 Å². The highest BCUT2D eigenvalue weighted by Gasteiger charge is 2.10. The number of hydrogen-bond acceptors (Lipinski definition) is 2. The molecule has 0 amide bonds. The summed E-state index contributed by atoms with van der Waals surface area (Å²) in [6.07, 6.45) is 2.36. The maximum absolute atomic E-state index is 13.1. The average molecular weight is 283 g/mol. The normalized spacial score (nSPS) is 10.4. The Hall–Kier alpha value is -1.49. The van der Waals surface area contributed by atoms with Gasteiger partial charge in [0, 0.05) is 18.8 Å². The third-order valence-corrected chi connectivity index (χ3v) is 2.78. The van der Waals surface area contributed by atoms with Gasteiger partial charge in [-0.1, -0.05) is 0 Å². The van der Waals surface area contributed by atoms with Crippen molar-refractivity contribution >= 4 is 22.2 Å². The summed E-state index contributed by atoms with van der Waals surface area (Å²) in [5.74, 6) is -0.340. The Labute approximate surface area is 100 Å². The van der Waals surface area contributed by atoms with Gasteiger partial charge in [0.25, 0.3) is 0 Å². The molecular weight excluding hydrogens is 275 g/mol.